The molecule has 2 unspecified atom stereocenters. The molecule has 2 rings (SSSR count). The van der Waals surface area contributed by atoms with E-state index in [1.807, 2.05) is 0 Å². The molecule has 104 valence electrons. The molecule has 0 amide bonds. The predicted molar refractivity (Wildman–Crippen MR) is 74.0 cm³/mol. The van der Waals surface area contributed by atoms with E-state index in [4.69, 9.17) is 10.5 Å². The van der Waals surface area contributed by atoms with Crippen LogP contribution in [0.4, 0.5) is 5.69 Å². The van der Waals surface area contributed by atoms with Gasteiger partial charge in [0.25, 0.3) is 0 Å². The van der Waals surface area contributed by atoms with Crippen LogP contribution in [-0.4, -0.2) is 17.2 Å². The van der Waals surface area contributed by atoms with Crippen LogP contribution in [0.1, 0.15) is 48.5 Å². The Morgan fingerprint density at radius 1 is 1.42 bits per heavy atom. The van der Waals surface area contributed by atoms with Crippen molar-refractivity contribution in [3.63, 3.8) is 0 Å². The summed E-state index contributed by atoms with van der Waals surface area (Å²) in [6.07, 6.45) is 4.94. The maximum Gasteiger partial charge on any atom is 0.338 e. The molecule has 1 saturated carbocycles. The summed E-state index contributed by atoms with van der Waals surface area (Å²) in [4.78, 5) is 11.2. The molecule has 19 heavy (non-hydrogen) atoms. The zero-order valence-corrected chi connectivity index (χ0v) is 11.3. The maximum absolute atomic E-state index is 11.2. The highest BCUT2D eigenvalue weighted by atomic mass is 16.5. The van der Waals surface area contributed by atoms with Crippen LogP contribution < -0.4 is 5.73 Å². The first-order chi connectivity index (χ1) is 9.09. The standard InChI is InChI=1S/C15H21NO3/c1-10-5-2-3-8-13(10)19-9-11-6-4-7-12(16)14(11)15(17)18/h4,6-7,10,13H,2-3,5,8-9,16H2,1H3,(H,17,18). The molecule has 1 fully saturated rings. The fourth-order valence-corrected chi connectivity index (χ4v) is 2.73. The molecule has 4 nitrogen and oxygen atoms in total. The van der Waals surface area contributed by atoms with Gasteiger partial charge in [0.2, 0.25) is 0 Å². The topological polar surface area (TPSA) is 72.5 Å². The quantitative estimate of drug-likeness (QED) is 0.819. The molecular formula is C15H21NO3. The van der Waals surface area contributed by atoms with Gasteiger partial charge in [-0.25, -0.2) is 4.79 Å². The Morgan fingerprint density at radius 3 is 2.84 bits per heavy atom. The van der Waals surface area contributed by atoms with Crippen molar-refractivity contribution in [3.8, 4) is 0 Å². The largest absolute Gasteiger partial charge is 0.478 e. The molecule has 1 aromatic carbocycles. The van der Waals surface area contributed by atoms with Crippen molar-refractivity contribution in [2.24, 2.45) is 5.92 Å². The Balaban J connectivity index is 2.07. The zero-order chi connectivity index (χ0) is 13.8. The first-order valence-corrected chi connectivity index (χ1v) is 6.82. The molecule has 3 N–H and O–H groups in total. The van der Waals surface area contributed by atoms with Crippen molar-refractivity contribution in [3.05, 3.63) is 29.3 Å². The van der Waals surface area contributed by atoms with Gasteiger partial charge in [-0.15, -0.1) is 0 Å². The normalized spacial score (nSPS) is 23.2. The molecule has 0 aromatic heterocycles. The highest BCUT2D eigenvalue weighted by molar-refractivity contribution is 5.95. The van der Waals surface area contributed by atoms with Crippen molar-refractivity contribution < 1.29 is 14.6 Å². The minimum atomic E-state index is -0.992. The summed E-state index contributed by atoms with van der Waals surface area (Å²) in [7, 11) is 0. The van der Waals surface area contributed by atoms with Gasteiger partial charge in [-0.3, -0.25) is 0 Å². The zero-order valence-electron chi connectivity index (χ0n) is 11.3. The number of aromatic carboxylic acids is 1. The van der Waals surface area contributed by atoms with Crippen molar-refractivity contribution >= 4 is 11.7 Å². The third-order valence-electron chi connectivity index (χ3n) is 3.88. The average molecular weight is 263 g/mol. The fourth-order valence-electron chi connectivity index (χ4n) is 2.73. The van der Waals surface area contributed by atoms with Gasteiger partial charge in [0.05, 0.1) is 18.3 Å². The summed E-state index contributed by atoms with van der Waals surface area (Å²) in [5.74, 6) is -0.448. The molecule has 0 heterocycles. The molecule has 0 bridgehead atoms. The molecule has 0 aliphatic heterocycles. The van der Waals surface area contributed by atoms with Gasteiger partial charge in [-0.2, -0.15) is 0 Å². The van der Waals surface area contributed by atoms with Crippen molar-refractivity contribution in [2.45, 2.75) is 45.3 Å². The lowest BCUT2D eigenvalue weighted by Gasteiger charge is -2.29. The first kappa shape index (κ1) is 13.9. The Labute approximate surface area is 113 Å². The average Bonchev–Trinajstić information content (AvgIpc) is 2.37. The molecule has 0 spiro atoms. The number of benzene rings is 1. The van der Waals surface area contributed by atoms with Crippen LogP contribution in [0, 0.1) is 5.92 Å². The van der Waals surface area contributed by atoms with Gasteiger partial charge < -0.3 is 15.6 Å². The van der Waals surface area contributed by atoms with Crippen LogP contribution >= 0.6 is 0 Å². The molecule has 4 heteroatoms. The van der Waals surface area contributed by atoms with Gasteiger partial charge >= 0.3 is 5.97 Å². The Kier molecular flexibility index (Phi) is 4.43. The van der Waals surface area contributed by atoms with E-state index >= 15 is 0 Å². The minimum absolute atomic E-state index is 0.172. The Hall–Kier alpha value is -1.55. The molecular weight excluding hydrogens is 242 g/mol. The fraction of sp³-hybridized carbons (Fsp3) is 0.533. The summed E-state index contributed by atoms with van der Waals surface area (Å²) in [5, 5.41) is 9.20. The van der Waals surface area contributed by atoms with Gasteiger partial charge in [0.15, 0.2) is 0 Å². The van der Waals surface area contributed by atoms with Gasteiger partial charge in [-0.05, 0) is 30.4 Å². The number of carboxylic acids is 1. The molecule has 1 aliphatic carbocycles. The number of nitrogens with two attached hydrogens (primary N) is 1. The SMILES string of the molecule is CC1CCCCC1OCc1cccc(N)c1C(=O)O. The first-order valence-electron chi connectivity index (χ1n) is 6.82. The van der Waals surface area contributed by atoms with Crippen molar-refractivity contribution in [2.75, 3.05) is 5.73 Å². The van der Waals surface area contributed by atoms with Crippen LogP contribution in [0.15, 0.2) is 18.2 Å². The number of hydrogen-bond acceptors (Lipinski definition) is 3. The van der Waals surface area contributed by atoms with E-state index in [-0.39, 0.29) is 11.7 Å². The van der Waals surface area contributed by atoms with E-state index in [2.05, 4.69) is 6.92 Å². The van der Waals surface area contributed by atoms with Gasteiger partial charge in [-0.1, -0.05) is 31.9 Å². The van der Waals surface area contributed by atoms with Crippen molar-refractivity contribution in [1.29, 1.82) is 0 Å². The number of hydrogen-bond donors (Lipinski definition) is 2. The van der Waals surface area contributed by atoms with Gasteiger partial charge in [0.1, 0.15) is 0 Å². The van der Waals surface area contributed by atoms with E-state index in [9.17, 15) is 9.90 Å². The maximum atomic E-state index is 11.2. The number of rotatable bonds is 4. The summed E-state index contributed by atoms with van der Waals surface area (Å²) >= 11 is 0. The van der Waals surface area contributed by atoms with Crippen LogP contribution in [0.2, 0.25) is 0 Å². The Bertz CT molecular complexity index is 459. The highest BCUT2D eigenvalue weighted by Gasteiger charge is 2.22. The third-order valence-corrected chi connectivity index (χ3v) is 3.88. The van der Waals surface area contributed by atoms with Crippen LogP contribution in [0.25, 0.3) is 0 Å². The second kappa shape index (κ2) is 6.06. The number of anilines is 1. The van der Waals surface area contributed by atoms with Crippen LogP contribution in [-0.2, 0) is 11.3 Å². The lowest BCUT2D eigenvalue weighted by Crippen LogP contribution is -2.25. The lowest BCUT2D eigenvalue weighted by molar-refractivity contribution is -0.0158. The monoisotopic (exact) mass is 263 g/mol. The number of carbonyl (C=O) groups is 1. The van der Waals surface area contributed by atoms with E-state index in [0.29, 0.717) is 23.8 Å². The third kappa shape index (κ3) is 3.26. The summed E-state index contributed by atoms with van der Waals surface area (Å²) in [6, 6.07) is 5.15. The predicted octanol–water partition coefficient (Wildman–Crippen LogP) is 3.06. The van der Waals surface area contributed by atoms with Crippen LogP contribution in [0.3, 0.4) is 0 Å². The molecule has 0 radical (unpaired) electrons. The Morgan fingerprint density at radius 2 is 2.16 bits per heavy atom. The van der Waals surface area contributed by atoms with E-state index in [0.717, 1.165) is 6.42 Å². The lowest BCUT2D eigenvalue weighted by atomic mass is 9.88. The van der Waals surface area contributed by atoms with E-state index in [1.165, 1.54) is 19.3 Å². The second-order valence-electron chi connectivity index (χ2n) is 5.30. The van der Waals surface area contributed by atoms with Crippen molar-refractivity contribution in [1.82, 2.24) is 0 Å². The second-order valence-corrected chi connectivity index (χ2v) is 5.30. The number of ether oxygens (including phenoxy) is 1. The smallest absolute Gasteiger partial charge is 0.338 e. The van der Waals surface area contributed by atoms with E-state index in [1.54, 1.807) is 18.2 Å². The summed E-state index contributed by atoms with van der Waals surface area (Å²) in [5.41, 5.74) is 6.85. The number of nitrogen functional groups attached to an aromatic ring is 1. The minimum Gasteiger partial charge on any atom is -0.478 e. The highest BCUT2D eigenvalue weighted by Crippen LogP contribution is 2.28. The summed E-state index contributed by atoms with van der Waals surface area (Å²) < 4.78 is 5.91. The molecule has 0 saturated heterocycles. The molecule has 2 atom stereocenters. The number of carboxylic acid groups (broad SMARTS) is 1. The van der Waals surface area contributed by atoms with Gasteiger partial charge in [0, 0.05) is 5.69 Å². The molecule has 1 aromatic rings. The van der Waals surface area contributed by atoms with Crippen LogP contribution in [0.5, 0.6) is 0 Å². The summed E-state index contributed by atoms with van der Waals surface area (Å²) in [6.45, 7) is 2.52. The molecule has 1 aliphatic rings. The van der Waals surface area contributed by atoms with E-state index < -0.39 is 5.97 Å².